The fourth-order valence-corrected chi connectivity index (χ4v) is 3.07. The van der Waals surface area contributed by atoms with Gasteiger partial charge in [-0.1, -0.05) is 30.3 Å². The van der Waals surface area contributed by atoms with E-state index in [1.165, 1.54) is 0 Å². The van der Waals surface area contributed by atoms with Gasteiger partial charge in [0.2, 0.25) is 0 Å². The Bertz CT molecular complexity index is 494. The molecule has 0 atom stereocenters. The summed E-state index contributed by atoms with van der Waals surface area (Å²) < 4.78 is 1.09. The summed E-state index contributed by atoms with van der Waals surface area (Å²) in [5, 5.41) is 11.2. The third kappa shape index (κ3) is 1.92. The van der Waals surface area contributed by atoms with Crippen LogP contribution >= 0.6 is 23.1 Å². The van der Waals surface area contributed by atoms with Crippen LogP contribution in [0.25, 0.3) is 11.1 Å². The Kier molecular flexibility index (Phi) is 3.10. The number of thioether (sulfide) groups is 1. The van der Waals surface area contributed by atoms with Crippen molar-refractivity contribution < 1.29 is 0 Å². The molecular weight excluding hydrogens is 222 g/mol. The molecule has 0 fully saturated rings. The summed E-state index contributed by atoms with van der Waals surface area (Å²) in [6.45, 7) is 0. The van der Waals surface area contributed by atoms with Crippen molar-refractivity contribution in [3.05, 3.63) is 41.3 Å². The molecule has 0 N–H and O–H groups in total. The van der Waals surface area contributed by atoms with Gasteiger partial charge >= 0.3 is 0 Å². The number of hydrogen-bond donors (Lipinski definition) is 0. The van der Waals surface area contributed by atoms with Crippen LogP contribution in [0.2, 0.25) is 0 Å². The van der Waals surface area contributed by atoms with Gasteiger partial charge in [-0.15, -0.1) is 23.1 Å². The Labute approximate surface area is 97.4 Å². The molecule has 0 spiro atoms. The second kappa shape index (κ2) is 4.52. The minimum atomic E-state index is 0.804. The van der Waals surface area contributed by atoms with Crippen LogP contribution in [-0.4, -0.2) is 6.26 Å². The number of nitrogens with zero attached hydrogens (tertiary/aromatic N) is 1. The molecule has 1 nitrogen and oxygen atoms in total. The molecule has 1 aromatic carbocycles. The maximum atomic E-state index is 9.12. The van der Waals surface area contributed by atoms with Crippen molar-refractivity contribution in [2.24, 2.45) is 0 Å². The topological polar surface area (TPSA) is 23.8 Å². The molecule has 0 aliphatic carbocycles. The molecule has 0 saturated carbocycles. The molecule has 0 aliphatic rings. The van der Waals surface area contributed by atoms with Crippen LogP contribution in [0.5, 0.6) is 0 Å². The smallest absolute Gasteiger partial charge is 0.102 e. The van der Waals surface area contributed by atoms with Crippen LogP contribution in [0.15, 0.2) is 39.9 Å². The Hall–Kier alpha value is -1.24. The molecule has 0 bridgehead atoms. The van der Waals surface area contributed by atoms with E-state index in [0.717, 1.165) is 20.9 Å². The number of hydrogen-bond acceptors (Lipinski definition) is 3. The summed E-state index contributed by atoms with van der Waals surface area (Å²) in [6, 6.07) is 12.3. The van der Waals surface area contributed by atoms with Crippen molar-refractivity contribution in [1.82, 2.24) is 0 Å². The van der Waals surface area contributed by atoms with Crippen LogP contribution in [0, 0.1) is 11.3 Å². The highest BCUT2D eigenvalue weighted by atomic mass is 32.2. The summed E-state index contributed by atoms with van der Waals surface area (Å²) >= 11 is 3.27. The zero-order valence-corrected chi connectivity index (χ0v) is 9.86. The van der Waals surface area contributed by atoms with Gasteiger partial charge in [-0.2, -0.15) is 5.26 Å². The third-order valence-electron chi connectivity index (χ3n) is 2.14. The molecule has 3 heteroatoms. The molecule has 1 heterocycles. The van der Waals surface area contributed by atoms with Crippen molar-refractivity contribution in [2.75, 3.05) is 6.26 Å². The first-order valence-electron chi connectivity index (χ1n) is 4.48. The molecule has 0 aliphatic heterocycles. The van der Waals surface area contributed by atoms with Crippen molar-refractivity contribution in [1.29, 1.82) is 5.26 Å². The maximum absolute atomic E-state index is 9.12. The van der Waals surface area contributed by atoms with Crippen molar-refractivity contribution >= 4 is 23.1 Å². The van der Waals surface area contributed by atoms with Crippen molar-refractivity contribution in [3.8, 4) is 17.2 Å². The van der Waals surface area contributed by atoms with E-state index in [1.807, 2.05) is 36.6 Å². The standard InChI is InChI=1S/C12H9NS2/c1-14-12-10(7-13)11(8-15-12)9-5-3-2-4-6-9/h2-6,8H,1H3. The van der Waals surface area contributed by atoms with Gasteiger partial charge in [-0.3, -0.25) is 0 Å². The summed E-state index contributed by atoms with van der Waals surface area (Å²) in [4.78, 5) is 0. The van der Waals surface area contributed by atoms with Crippen molar-refractivity contribution in [3.63, 3.8) is 0 Å². The predicted molar refractivity (Wildman–Crippen MR) is 66.3 cm³/mol. The highest BCUT2D eigenvalue weighted by Gasteiger charge is 2.11. The molecule has 1 aromatic heterocycles. The normalized spacial score (nSPS) is 9.87. The summed E-state index contributed by atoms with van der Waals surface area (Å²) in [5.74, 6) is 0. The van der Waals surface area contributed by atoms with E-state index in [-0.39, 0.29) is 0 Å². The Morgan fingerprint density at radius 3 is 2.60 bits per heavy atom. The number of benzene rings is 1. The van der Waals surface area contributed by atoms with Gasteiger partial charge in [0.15, 0.2) is 0 Å². The fourth-order valence-electron chi connectivity index (χ4n) is 1.43. The molecule has 2 rings (SSSR count). The van der Waals surface area contributed by atoms with E-state index in [0.29, 0.717) is 0 Å². The molecule has 74 valence electrons. The van der Waals surface area contributed by atoms with E-state index >= 15 is 0 Å². The first-order valence-corrected chi connectivity index (χ1v) is 6.58. The lowest BCUT2D eigenvalue weighted by atomic mass is 10.1. The molecule has 0 radical (unpaired) electrons. The van der Waals surface area contributed by atoms with Crippen LogP contribution in [0.4, 0.5) is 0 Å². The summed E-state index contributed by atoms with van der Waals surface area (Å²) in [7, 11) is 0. The zero-order valence-electron chi connectivity index (χ0n) is 8.23. The first kappa shape index (κ1) is 10.3. The van der Waals surface area contributed by atoms with E-state index in [9.17, 15) is 0 Å². The van der Waals surface area contributed by atoms with Crippen LogP contribution in [0.1, 0.15) is 5.56 Å². The number of rotatable bonds is 2. The van der Waals surface area contributed by atoms with E-state index in [4.69, 9.17) is 5.26 Å². The van der Waals surface area contributed by atoms with E-state index < -0.39 is 0 Å². The largest absolute Gasteiger partial charge is 0.192 e. The number of nitriles is 1. The van der Waals surface area contributed by atoms with E-state index in [2.05, 4.69) is 11.4 Å². The lowest BCUT2D eigenvalue weighted by molar-refractivity contribution is 1.46. The monoisotopic (exact) mass is 231 g/mol. The highest BCUT2D eigenvalue weighted by molar-refractivity contribution is 8.00. The molecule has 0 amide bonds. The second-order valence-electron chi connectivity index (χ2n) is 2.99. The Balaban J connectivity index is 2.55. The van der Waals surface area contributed by atoms with Gasteiger partial charge in [0.25, 0.3) is 0 Å². The predicted octanol–water partition coefficient (Wildman–Crippen LogP) is 4.01. The molecule has 15 heavy (non-hydrogen) atoms. The molecule has 0 unspecified atom stereocenters. The van der Waals surface area contributed by atoms with Gasteiger partial charge in [-0.05, 0) is 11.8 Å². The zero-order chi connectivity index (χ0) is 10.7. The van der Waals surface area contributed by atoms with Gasteiger partial charge in [0.1, 0.15) is 6.07 Å². The summed E-state index contributed by atoms with van der Waals surface area (Å²) in [6.07, 6.45) is 2.00. The van der Waals surface area contributed by atoms with Gasteiger partial charge < -0.3 is 0 Å². The minimum absolute atomic E-state index is 0.804. The molecule has 0 saturated heterocycles. The highest BCUT2D eigenvalue weighted by Crippen LogP contribution is 2.35. The Morgan fingerprint density at radius 2 is 2.00 bits per heavy atom. The fraction of sp³-hybridized carbons (Fsp3) is 0.0833. The average Bonchev–Trinajstić information content (AvgIpc) is 2.72. The maximum Gasteiger partial charge on any atom is 0.102 e. The Morgan fingerprint density at radius 1 is 1.27 bits per heavy atom. The average molecular weight is 231 g/mol. The van der Waals surface area contributed by atoms with Crippen LogP contribution in [0.3, 0.4) is 0 Å². The third-order valence-corrected chi connectivity index (χ3v) is 4.27. The van der Waals surface area contributed by atoms with E-state index in [1.54, 1.807) is 23.1 Å². The lowest BCUT2D eigenvalue weighted by Gasteiger charge is -1.98. The van der Waals surface area contributed by atoms with Crippen molar-refractivity contribution in [2.45, 2.75) is 4.21 Å². The second-order valence-corrected chi connectivity index (χ2v) is 4.95. The summed E-state index contributed by atoms with van der Waals surface area (Å²) in [5.41, 5.74) is 2.97. The lowest BCUT2D eigenvalue weighted by Crippen LogP contribution is -1.78. The quantitative estimate of drug-likeness (QED) is 0.729. The van der Waals surface area contributed by atoms with Gasteiger partial charge in [0.05, 0.1) is 9.77 Å². The molecular formula is C12H9NS2. The van der Waals surface area contributed by atoms with Gasteiger partial charge in [0, 0.05) is 10.9 Å². The first-order chi connectivity index (χ1) is 7.36. The van der Waals surface area contributed by atoms with Crippen LogP contribution < -0.4 is 0 Å². The van der Waals surface area contributed by atoms with Gasteiger partial charge in [-0.25, -0.2) is 0 Å². The van der Waals surface area contributed by atoms with Crippen LogP contribution in [-0.2, 0) is 0 Å². The SMILES string of the molecule is CSc1scc(-c2ccccc2)c1C#N. The minimum Gasteiger partial charge on any atom is -0.192 e. The molecule has 2 aromatic rings. The number of thiophene rings is 1.